The molecule has 29 heavy (non-hydrogen) atoms. The molecule has 1 saturated heterocycles. The first kappa shape index (κ1) is 20.4. The number of nitrogens with one attached hydrogen (secondary N) is 2. The van der Waals surface area contributed by atoms with Gasteiger partial charge >= 0.3 is 12.0 Å². The van der Waals surface area contributed by atoms with Crippen LogP contribution < -0.4 is 15.5 Å². The molecule has 0 bridgehead atoms. The number of para-hydroxylation sites is 2. The van der Waals surface area contributed by atoms with Crippen molar-refractivity contribution < 1.29 is 24.2 Å². The van der Waals surface area contributed by atoms with E-state index in [1.54, 1.807) is 48.5 Å². The molecular formula is C19H15N3O5S2. The van der Waals surface area contributed by atoms with Gasteiger partial charge in [0.15, 0.2) is 10.9 Å². The van der Waals surface area contributed by atoms with Crippen molar-refractivity contribution in [2.75, 3.05) is 11.9 Å². The van der Waals surface area contributed by atoms with Crippen LogP contribution in [-0.4, -0.2) is 39.0 Å². The average Bonchev–Trinajstić information content (AvgIpc) is 2.95. The van der Waals surface area contributed by atoms with Crippen molar-refractivity contribution in [2.45, 2.75) is 0 Å². The molecule has 10 heteroatoms. The molecule has 0 saturated carbocycles. The second-order valence-corrected chi connectivity index (χ2v) is 7.35. The number of thiocarbonyl (C=S) groups is 1. The Morgan fingerprint density at radius 1 is 1.14 bits per heavy atom. The van der Waals surface area contributed by atoms with Gasteiger partial charge in [0.25, 0.3) is 5.91 Å². The molecule has 0 aliphatic carbocycles. The van der Waals surface area contributed by atoms with E-state index in [1.165, 1.54) is 6.08 Å². The zero-order valence-electron chi connectivity index (χ0n) is 14.8. The van der Waals surface area contributed by atoms with Gasteiger partial charge in [-0.05, 0) is 36.5 Å². The van der Waals surface area contributed by atoms with E-state index < -0.39 is 24.5 Å². The summed E-state index contributed by atoms with van der Waals surface area (Å²) >= 11 is 6.20. The molecule has 3 amide bonds. The lowest BCUT2D eigenvalue weighted by atomic mass is 10.2. The molecule has 148 valence electrons. The maximum absolute atomic E-state index is 12.7. The first-order valence-electron chi connectivity index (χ1n) is 8.28. The van der Waals surface area contributed by atoms with Crippen LogP contribution >= 0.6 is 24.0 Å². The fourth-order valence-corrected chi connectivity index (χ4v) is 3.53. The van der Waals surface area contributed by atoms with E-state index in [2.05, 4.69) is 10.7 Å². The predicted octanol–water partition coefficient (Wildman–Crippen LogP) is 3.09. The molecule has 2 aromatic rings. The van der Waals surface area contributed by atoms with E-state index in [0.717, 1.165) is 16.8 Å². The van der Waals surface area contributed by atoms with Crippen molar-refractivity contribution in [1.29, 1.82) is 0 Å². The number of hydrogen-bond acceptors (Lipinski definition) is 6. The summed E-state index contributed by atoms with van der Waals surface area (Å²) in [6.07, 6.45) is 1.53. The Bertz CT molecular complexity index is 994. The second-order valence-electron chi connectivity index (χ2n) is 5.67. The van der Waals surface area contributed by atoms with Crippen LogP contribution in [0.4, 0.5) is 10.5 Å². The monoisotopic (exact) mass is 429 g/mol. The van der Waals surface area contributed by atoms with Crippen LogP contribution in [-0.2, 0) is 9.59 Å². The number of anilines is 1. The maximum atomic E-state index is 12.7. The highest BCUT2D eigenvalue weighted by molar-refractivity contribution is 8.26. The number of carbonyl (C=O) groups excluding carboxylic acids is 2. The Kier molecular flexibility index (Phi) is 6.47. The molecule has 1 aliphatic rings. The molecule has 0 aromatic heterocycles. The first-order valence-corrected chi connectivity index (χ1v) is 9.51. The van der Waals surface area contributed by atoms with Gasteiger partial charge in [0.2, 0.25) is 0 Å². The zero-order valence-corrected chi connectivity index (χ0v) is 16.5. The average molecular weight is 429 g/mol. The van der Waals surface area contributed by atoms with Crippen LogP contribution in [0.15, 0.2) is 59.5 Å². The van der Waals surface area contributed by atoms with E-state index in [4.69, 9.17) is 22.1 Å². The summed E-state index contributed by atoms with van der Waals surface area (Å²) in [5, 5.41) is 12.4. The van der Waals surface area contributed by atoms with Crippen molar-refractivity contribution in [1.82, 2.24) is 10.4 Å². The molecule has 2 aromatic carbocycles. The highest BCUT2D eigenvalue weighted by atomic mass is 32.2. The Morgan fingerprint density at radius 3 is 2.55 bits per heavy atom. The Balaban J connectivity index is 1.72. The summed E-state index contributed by atoms with van der Waals surface area (Å²) < 4.78 is 5.40. The van der Waals surface area contributed by atoms with E-state index in [9.17, 15) is 14.4 Å². The van der Waals surface area contributed by atoms with Crippen molar-refractivity contribution in [2.24, 2.45) is 0 Å². The molecule has 1 fully saturated rings. The van der Waals surface area contributed by atoms with Crippen molar-refractivity contribution in [3.05, 3.63) is 65.1 Å². The van der Waals surface area contributed by atoms with Gasteiger partial charge in [0.05, 0.1) is 4.91 Å². The highest BCUT2D eigenvalue weighted by Gasteiger charge is 2.33. The van der Waals surface area contributed by atoms with Gasteiger partial charge in [0.1, 0.15) is 5.75 Å². The van der Waals surface area contributed by atoms with E-state index in [-0.39, 0.29) is 9.23 Å². The number of benzene rings is 2. The minimum atomic E-state index is -1.11. The fourth-order valence-electron chi connectivity index (χ4n) is 2.36. The Hall–Kier alpha value is -3.37. The minimum absolute atomic E-state index is 0.161. The number of carboxylic acid groups (broad SMARTS) is 1. The van der Waals surface area contributed by atoms with Crippen LogP contribution in [0.2, 0.25) is 0 Å². The van der Waals surface area contributed by atoms with Crippen LogP contribution in [0, 0.1) is 0 Å². The number of hydrazine groups is 1. The highest BCUT2D eigenvalue weighted by Crippen LogP contribution is 2.33. The maximum Gasteiger partial charge on any atom is 0.341 e. The molecule has 3 N–H and O–H groups in total. The van der Waals surface area contributed by atoms with Crippen molar-refractivity contribution in [3.8, 4) is 5.75 Å². The van der Waals surface area contributed by atoms with Gasteiger partial charge in [-0.2, -0.15) is 5.01 Å². The van der Waals surface area contributed by atoms with Crippen LogP contribution in [0.3, 0.4) is 0 Å². The van der Waals surface area contributed by atoms with E-state index >= 15 is 0 Å². The number of thioether (sulfide) groups is 1. The normalized spacial score (nSPS) is 14.8. The number of aliphatic carboxylic acids is 1. The largest absolute Gasteiger partial charge is 0.481 e. The number of carboxylic acids is 1. The van der Waals surface area contributed by atoms with Crippen LogP contribution in [0.5, 0.6) is 5.75 Å². The van der Waals surface area contributed by atoms with Crippen LogP contribution in [0.25, 0.3) is 6.08 Å². The minimum Gasteiger partial charge on any atom is -0.481 e. The fraction of sp³-hybridized carbons (Fsp3) is 0.0526. The molecule has 0 radical (unpaired) electrons. The van der Waals surface area contributed by atoms with Gasteiger partial charge in [-0.1, -0.05) is 48.2 Å². The molecule has 3 rings (SSSR count). The van der Waals surface area contributed by atoms with Gasteiger partial charge in [-0.3, -0.25) is 4.79 Å². The van der Waals surface area contributed by atoms with E-state index in [1.807, 2.05) is 6.07 Å². The number of urea groups is 1. The second kappa shape index (κ2) is 9.22. The lowest BCUT2D eigenvalue weighted by molar-refractivity contribution is -0.139. The summed E-state index contributed by atoms with van der Waals surface area (Å²) in [6, 6.07) is 14.8. The number of carbonyl (C=O) groups is 3. The standard InChI is InChI=1S/C19H15N3O5S2/c23-16(24)11-27-14-9-5-4-6-12(14)10-15-17(25)22(19(28)29-15)21-18(26)20-13-7-2-1-3-8-13/h1-10H,11H2,(H,23,24)(H2,20,21,26)/b15-10-. The summed E-state index contributed by atoms with van der Waals surface area (Å²) in [4.78, 5) is 35.8. The number of ether oxygens (including phenoxy) is 1. The molecule has 1 heterocycles. The first-order chi connectivity index (χ1) is 13.9. The SMILES string of the molecule is O=C(O)COc1ccccc1/C=C1\SC(=S)N(NC(=O)Nc2ccccc2)C1=O. The Labute approximate surface area is 175 Å². The number of hydrogen-bond donors (Lipinski definition) is 3. The molecule has 1 aliphatic heterocycles. The third kappa shape index (κ3) is 5.33. The Morgan fingerprint density at radius 2 is 1.83 bits per heavy atom. The summed E-state index contributed by atoms with van der Waals surface area (Å²) in [5.41, 5.74) is 3.50. The third-order valence-corrected chi connectivity index (χ3v) is 4.90. The number of rotatable bonds is 6. The molecule has 0 spiro atoms. The van der Waals surface area contributed by atoms with E-state index in [0.29, 0.717) is 17.0 Å². The molecular weight excluding hydrogens is 414 g/mol. The van der Waals surface area contributed by atoms with Gasteiger partial charge in [-0.15, -0.1) is 0 Å². The quantitative estimate of drug-likeness (QED) is 0.478. The number of amides is 3. The smallest absolute Gasteiger partial charge is 0.341 e. The molecule has 0 atom stereocenters. The van der Waals surface area contributed by atoms with Gasteiger partial charge < -0.3 is 15.2 Å². The van der Waals surface area contributed by atoms with Crippen molar-refractivity contribution in [3.63, 3.8) is 0 Å². The number of nitrogens with zero attached hydrogens (tertiary/aromatic N) is 1. The predicted molar refractivity (Wildman–Crippen MR) is 113 cm³/mol. The lowest BCUT2D eigenvalue weighted by Crippen LogP contribution is -2.46. The zero-order chi connectivity index (χ0) is 20.8. The third-order valence-electron chi connectivity index (χ3n) is 3.60. The summed E-state index contributed by atoms with van der Waals surface area (Å²) in [7, 11) is 0. The lowest BCUT2D eigenvalue weighted by Gasteiger charge is -2.16. The summed E-state index contributed by atoms with van der Waals surface area (Å²) in [5.74, 6) is -1.30. The topological polar surface area (TPSA) is 108 Å². The van der Waals surface area contributed by atoms with Gasteiger partial charge in [0, 0.05) is 11.3 Å². The summed E-state index contributed by atoms with van der Waals surface area (Å²) in [6.45, 7) is -0.507. The van der Waals surface area contributed by atoms with Gasteiger partial charge in [-0.25, -0.2) is 15.0 Å². The molecule has 0 unspecified atom stereocenters. The van der Waals surface area contributed by atoms with Crippen molar-refractivity contribution >= 4 is 58.0 Å². The van der Waals surface area contributed by atoms with Crippen LogP contribution in [0.1, 0.15) is 5.56 Å². The molecule has 8 nitrogen and oxygen atoms in total.